The van der Waals surface area contributed by atoms with Crippen LogP contribution in [0.5, 0.6) is 0 Å². The van der Waals surface area contributed by atoms with Crippen LogP contribution in [-0.4, -0.2) is 33.6 Å². The average Bonchev–Trinajstić information content (AvgIpc) is 2.60. The Hall–Kier alpha value is -1.56. The van der Waals surface area contributed by atoms with Crippen LogP contribution in [0.1, 0.15) is 24.3 Å². The van der Waals surface area contributed by atoms with Crippen molar-refractivity contribution in [3.8, 4) is 0 Å². The fraction of sp³-hybridized carbons (Fsp3) is 0.556. The molecule has 0 aliphatic carbocycles. The molecule has 1 heterocycles. The second kappa shape index (κ2) is 4.79. The number of imidazole rings is 1. The number of hydrogen-bond donors (Lipinski definition) is 4. The molecule has 0 fully saturated rings. The molecule has 0 aromatic carbocycles. The molecular formula is C9H15N3O3. The van der Waals surface area contributed by atoms with E-state index in [4.69, 9.17) is 5.11 Å². The summed E-state index contributed by atoms with van der Waals surface area (Å²) in [5.74, 6) is -0.272. The molecule has 1 aromatic rings. The van der Waals surface area contributed by atoms with Crippen LogP contribution in [0.25, 0.3) is 0 Å². The summed E-state index contributed by atoms with van der Waals surface area (Å²) in [4.78, 5) is 26.9. The van der Waals surface area contributed by atoms with Crippen molar-refractivity contribution in [1.29, 1.82) is 0 Å². The molecule has 1 rings (SSSR count). The molecule has 0 spiro atoms. The van der Waals surface area contributed by atoms with Gasteiger partial charge in [0.25, 0.3) is 5.91 Å². The highest BCUT2D eigenvalue weighted by molar-refractivity contribution is 5.92. The van der Waals surface area contributed by atoms with E-state index in [-0.39, 0.29) is 24.3 Å². The summed E-state index contributed by atoms with van der Waals surface area (Å²) in [6.45, 7) is 3.65. The number of aliphatic hydroxyl groups is 1. The number of aromatic nitrogens is 2. The zero-order chi connectivity index (χ0) is 11.4. The highest BCUT2D eigenvalue weighted by atomic mass is 16.3. The highest BCUT2D eigenvalue weighted by Crippen LogP contribution is 2.01. The number of aliphatic hydroxyl groups excluding tert-OH is 1. The second-order valence-electron chi connectivity index (χ2n) is 3.66. The molecule has 0 aliphatic heterocycles. The van der Waals surface area contributed by atoms with Gasteiger partial charge < -0.3 is 20.4 Å². The Morgan fingerprint density at radius 3 is 2.67 bits per heavy atom. The second-order valence-corrected chi connectivity index (χ2v) is 3.66. The molecule has 0 aliphatic rings. The van der Waals surface area contributed by atoms with Gasteiger partial charge in [-0.3, -0.25) is 4.79 Å². The van der Waals surface area contributed by atoms with Crippen LogP contribution in [0.3, 0.4) is 0 Å². The number of carbonyl (C=O) groups is 1. The molecule has 0 saturated carbocycles. The van der Waals surface area contributed by atoms with Crippen LogP contribution in [0.2, 0.25) is 0 Å². The van der Waals surface area contributed by atoms with Crippen molar-refractivity contribution in [2.24, 2.45) is 5.92 Å². The molecule has 1 amide bonds. The van der Waals surface area contributed by atoms with E-state index in [2.05, 4.69) is 15.3 Å². The maximum atomic E-state index is 11.5. The van der Waals surface area contributed by atoms with Crippen molar-refractivity contribution in [3.05, 3.63) is 22.4 Å². The van der Waals surface area contributed by atoms with E-state index in [1.165, 1.54) is 6.20 Å². The predicted octanol–water partition coefficient (Wildman–Crippen LogP) is -0.550. The van der Waals surface area contributed by atoms with Crippen LogP contribution >= 0.6 is 0 Å². The van der Waals surface area contributed by atoms with Crippen molar-refractivity contribution in [2.75, 3.05) is 6.61 Å². The van der Waals surface area contributed by atoms with Crippen LogP contribution < -0.4 is 11.0 Å². The van der Waals surface area contributed by atoms with Gasteiger partial charge in [0.15, 0.2) is 0 Å². The van der Waals surface area contributed by atoms with Crippen molar-refractivity contribution in [3.63, 3.8) is 0 Å². The molecule has 0 radical (unpaired) electrons. The van der Waals surface area contributed by atoms with E-state index in [0.717, 1.165) is 0 Å². The zero-order valence-electron chi connectivity index (χ0n) is 8.70. The van der Waals surface area contributed by atoms with Crippen molar-refractivity contribution in [1.82, 2.24) is 15.3 Å². The summed E-state index contributed by atoms with van der Waals surface area (Å²) in [6, 6.07) is -0.309. The third-order valence-corrected chi connectivity index (χ3v) is 2.16. The maximum Gasteiger partial charge on any atom is 0.323 e. The van der Waals surface area contributed by atoms with E-state index >= 15 is 0 Å². The summed E-state index contributed by atoms with van der Waals surface area (Å²) >= 11 is 0. The molecule has 6 heteroatoms. The van der Waals surface area contributed by atoms with Crippen LogP contribution in [0.15, 0.2) is 11.0 Å². The van der Waals surface area contributed by atoms with Crippen LogP contribution in [-0.2, 0) is 0 Å². The van der Waals surface area contributed by atoms with Gasteiger partial charge in [-0.15, -0.1) is 0 Å². The topological polar surface area (TPSA) is 98.0 Å². The lowest BCUT2D eigenvalue weighted by atomic mass is 10.1. The van der Waals surface area contributed by atoms with Gasteiger partial charge in [0.05, 0.1) is 12.6 Å². The minimum atomic E-state index is -0.426. The van der Waals surface area contributed by atoms with Gasteiger partial charge in [0.1, 0.15) is 5.69 Å². The largest absolute Gasteiger partial charge is 0.394 e. The summed E-state index contributed by atoms with van der Waals surface area (Å²) in [6.07, 6.45) is 1.30. The molecule has 15 heavy (non-hydrogen) atoms. The van der Waals surface area contributed by atoms with Gasteiger partial charge in [-0.05, 0) is 5.92 Å². The first-order chi connectivity index (χ1) is 7.04. The van der Waals surface area contributed by atoms with Gasteiger partial charge in [-0.1, -0.05) is 13.8 Å². The van der Waals surface area contributed by atoms with Crippen molar-refractivity contribution in [2.45, 2.75) is 19.9 Å². The van der Waals surface area contributed by atoms with E-state index < -0.39 is 11.6 Å². The molecular weight excluding hydrogens is 198 g/mol. The molecule has 1 aromatic heterocycles. The van der Waals surface area contributed by atoms with Gasteiger partial charge >= 0.3 is 5.69 Å². The normalized spacial score (nSPS) is 12.8. The van der Waals surface area contributed by atoms with Gasteiger partial charge in [0, 0.05) is 6.20 Å². The van der Waals surface area contributed by atoms with Crippen molar-refractivity contribution >= 4 is 5.91 Å². The smallest absolute Gasteiger partial charge is 0.323 e. The number of H-pyrrole nitrogens is 2. The SMILES string of the molecule is CC(C)C(CO)NC(=O)c1c[nH]c(=O)[nH]1. The quantitative estimate of drug-likeness (QED) is 0.540. The summed E-state index contributed by atoms with van der Waals surface area (Å²) in [5, 5.41) is 11.6. The third kappa shape index (κ3) is 2.95. The third-order valence-electron chi connectivity index (χ3n) is 2.16. The number of carbonyl (C=O) groups excluding carboxylic acids is 1. The minimum absolute atomic E-state index is 0.127. The summed E-state index contributed by atoms with van der Waals surface area (Å²) in [5.41, 5.74) is -0.260. The first kappa shape index (κ1) is 11.5. The first-order valence-corrected chi connectivity index (χ1v) is 4.74. The zero-order valence-corrected chi connectivity index (χ0v) is 8.70. The average molecular weight is 213 g/mol. The standard InChI is InChI=1S/C9H15N3O3/c1-5(2)7(4-13)11-8(14)6-3-10-9(15)12-6/h3,5,7,13H,4H2,1-2H3,(H,11,14)(H2,10,12,15). The van der Waals surface area contributed by atoms with E-state index in [0.29, 0.717) is 0 Å². The lowest BCUT2D eigenvalue weighted by molar-refractivity contribution is 0.0892. The monoisotopic (exact) mass is 213 g/mol. The summed E-state index contributed by atoms with van der Waals surface area (Å²) < 4.78 is 0. The van der Waals surface area contributed by atoms with Crippen LogP contribution in [0.4, 0.5) is 0 Å². The van der Waals surface area contributed by atoms with Crippen LogP contribution in [0, 0.1) is 5.92 Å². The van der Waals surface area contributed by atoms with Gasteiger partial charge in [-0.25, -0.2) is 4.79 Å². The molecule has 1 atom stereocenters. The van der Waals surface area contributed by atoms with Gasteiger partial charge in [-0.2, -0.15) is 0 Å². The van der Waals surface area contributed by atoms with E-state index in [9.17, 15) is 9.59 Å². The molecule has 84 valence electrons. The fourth-order valence-corrected chi connectivity index (χ4v) is 1.12. The minimum Gasteiger partial charge on any atom is -0.394 e. The van der Waals surface area contributed by atoms with E-state index in [1.54, 1.807) is 0 Å². The number of amides is 1. The molecule has 6 nitrogen and oxygen atoms in total. The van der Waals surface area contributed by atoms with E-state index in [1.807, 2.05) is 13.8 Å². The number of aromatic amines is 2. The van der Waals surface area contributed by atoms with Gasteiger partial charge in [0.2, 0.25) is 0 Å². The number of rotatable bonds is 4. The molecule has 1 unspecified atom stereocenters. The summed E-state index contributed by atoms with van der Waals surface area (Å²) in [7, 11) is 0. The Morgan fingerprint density at radius 1 is 1.60 bits per heavy atom. The number of hydrogen-bond acceptors (Lipinski definition) is 3. The first-order valence-electron chi connectivity index (χ1n) is 4.74. The van der Waals surface area contributed by atoms with Crippen molar-refractivity contribution < 1.29 is 9.90 Å². The Kier molecular flexibility index (Phi) is 3.68. The Bertz CT molecular complexity index is 380. The Morgan fingerprint density at radius 2 is 2.27 bits per heavy atom. The maximum absolute atomic E-state index is 11.5. The predicted molar refractivity (Wildman–Crippen MR) is 54.6 cm³/mol. The molecule has 0 saturated heterocycles. The molecule has 0 bridgehead atoms. The lowest BCUT2D eigenvalue weighted by Crippen LogP contribution is -2.41. The Balaban J connectivity index is 2.66. The lowest BCUT2D eigenvalue weighted by Gasteiger charge is -2.19. The molecule has 4 N–H and O–H groups in total. The fourth-order valence-electron chi connectivity index (χ4n) is 1.12. The highest BCUT2D eigenvalue weighted by Gasteiger charge is 2.16. The number of nitrogens with one attached hydrogen (secondary N) is 3. The Labute approximate surface area is 86.7 Å².